The molecule has 0 atom stereocenters. The number of hydrogen-bond donors (Lipinski definition) is 3. The summed E-state index contributed by atoms with van der Waals surface area (Å²) < 4.78 is 1.75. The van der Waals surface area contributed by atoms with Crippen LogP contribution in [-0.2, 0) is 5.41 Å². The van der Waals surface area contributed by atoms with Crippen molar-refractivity contribution in [2.24, 2.45) is 0 Å². The van der Waals surface area contributed by atoms with Crippen LogP contribution < -0.4 is 10.7 Å². The summed E-state index contributed by atoms with van der Waals surface area (Å²) in [7, 11) is 0. The number of phenols is 2. The van der Waals surface area contributed by atoms with Crippen molar-refractivity contribution in [3.05, 3.63) is 114 Å². The first-order valence-electron chi connectivity index (χ1n) is 12.7. The van der Waals surface area contributed by atoms with Crippen molar-refractivity contribution in [2.45, 2.75) is 19.3 Å². The number of phenolic OH excluding ortho intramolecular Hbond substituents is 2. The zero-order valence-corrected chi connectivity index (χ0v) is 21.2. The SMILES string of the molecule is CC1(C)c2cc(O)ccc2N(c2ccc(-c3ccc4c(c3)c3ccccc3n4N)cc2)c2ccc(O)cc21. The Bertz CT molecular complexity index is 1830. The minimum absolute atomic E-state index is 0.227. The molecule has 38 heavy (non-hydrogen) atoms. The lowest BCUT2D eigenvalue weighted by atomic mass is 9.73. The second-order valence-electron chi connectivity index (χ2n) is 10.5. The molecule has 1 aliphatic rings. The van der Waals surface area contributed by atoms with Crippen LogP contribution in [-0.4, -0.2) is 14.9 Å². The molecule has 1 aromatic heterocycles. The predicted octanol–water partition coefficient (Wildman–Crippen LogP) is 7.70. The molecule has 4 N–H and O–H groups in total. The molecule has 0 fully saturated rings. The Morgan fingerprint density at radius 3 is 1.84 bits per heavy atom. The molecule has 0 saturated carbocycles. The maximum atomic E-state index is 10.3. The van der Waals surface area contributed by atoms with Gasteiger partial charge in [0.2, 0.25) is 0 Å². The van der Waals surface area contributed by atoms with Gasteiger partial charge in [-0.15, -0.1) is 0 Å². The average Bonchev–Trinajstić information content (AvgIpc) is 3.21. The van der Waals surface area contributed by atoms with Gasteiger partial charge in [0.15, 0.2) is 0 Å². The van der Waals surface area contributed by atoms with Gasteiger partial charge >= 0.3 is 0 Å². The molecule has 0 radical (unpaired) electrons. The lowest BCUT2D eigenvalue weighted by Gasteiger charge is -2.42. The van der Waals surface area contributed by atoms with E-state index < -0.39 is 5.41 Å². The van der Waals surface area contributed by atoms with Crippen molar-refractivity contribution in [2.75, 3.05) is 10.7 Å². The molecule has 0 bridgehead atoms. The van der Waals surface area contributed by atoms with E-state index in [9.17, 15) is 10.2 Å². The summed E-state index contributed by atoms with van der Waals surface area (Å²) in [5.74, 6) is 6.81. The number of nitrogens with two attached hydrogens (primary N) is 1. The van der Waals surface area contributed by atoms with Gasteiger partial charge < -0.3 is 21.0 Å². The third-order valence-electron chi connectivity index (χ3n) is 7.96. The number of benzene rings is 5. The van der Waals surface area contributed by atoms with Crippen LogP contribution >= 0.6 is 0 Å². The predicted molar refractivity (Wildman–Crippen MR) is 155 cm³/mol. The first-order chi connectivity index (χ1) is 18.3. The topological polar surface area (TPSA) is 74.7 Å². The van der Waals surface area contributed by atoms with E-state index >= 15 is 0 Å². The number of hydrogen-bond acceptors (Lipinski definition) is 4. The molecule has 6 aromatic rings. The molecule has 7 rings (SSSR count). The van der Waals surface area contributed by atoms with E-state index in [1.54, 1.807) is 16.8 Å². The molecule has 0 aliphatic carbocycles. The van der Waals surface area contributed by atoms with Crippen LogP contribution in [0.4, 0.5) is 17.1 Å². The van der Waals surface area contributed by atoms with E-state index in [1.807, 2.05) is 42.5 Å². The highest BCUT2D eigenvalue weighted by Crippen LogP contribution is 2.53. The maximum absolute atomic E-state index is 10.3. The number of aromatic nitrogens is 1. The van der Waals surface area contributed by atoms with Crippen LogP contribution in [0.2, 0.25) is 0 Å². The van der Waals surface area contributed by atoms with Gasteiger partial charge in [-0.05, 0) is 89.0 Å². The van der Waals surface area contributed by atoms with Gasteiger partial charge in [-0.25, -0.2) is 0 Å². The molecule has 0 saturated heterocycles. The highest BCUT2D eigenvalue weighted by molar-refractivity contribution is 6.09. The van der Waals surface area contributed by atoms with Gasteiger partial charge in [0.05, 0.1) is 22.4 Å². The second kappa shape index (κ2) is 7.80. The van der Waals surface area contributed by atoms with E-state index in [0.29, 0.717) is 0 Å². The Labute approximate surface area is 220 Å². The summed E-state index contributed by atoms with van der Waals surface area (Å²) in [4.78, 5) is 2.20. The van der Waals surface area contributed by atoms with Gasteiger partial charge in [-0.1, -0.05) is 50.2 Å². The van der Waals surface area contributed by atoms with Gasteiger partial charge in [0.25, 0.3) is 0 Å². The van der Waals surface area contributed by atoms with E-state index in [-0.39, 0.29) is 11.5 Å². The lowest BCUT2D eigenvalue weighted by Crippen LogP contribution is -2.30. The molecule has 2 heterocycles. The number of fused-ring (bicyclic) bond motifs is 5. The fourth-order valence-electron chi connectivity index (χ4n) is 5.98. The third kappa shape index (κ3) is 3.12. The Hall–Kier alpha value is -4.90. The molecule has 186 valence electrons. The summed E-state index contributed by atoms with van der Waals surface area (Å²) in [6, 6.07) is 34.1. The van der Waals surface area contributed by atoms with E-state index in [0.717, 1.165) is 61.1 Å². The second-order valence-corrected chi connectivity index (χ2v) is 10.5. The molecular weight excluding hydrogens is 470 g/mol. The zero-order valence-electron chi connectivity index (χ0n) is 21.2. The third-order valence-corrected chi connectivity index (χ3v) is 7.96. The standard InChI is InChI=1S/C33H27N3O2/c1-33(2)27-18-23(37)12-15-31(27)35(32-16-13-24(38)19-28(32)33)22-10-7-20(8-11-22)21-9-14-30-26(17-21)25-5-3-4-6-29(25)36(30)34/h3-19,37-38H,34H2,1-2H3. The van der Waals surface area contributed by atoms with Crippen LogP contribution in [0.5, 0.6) is 11.5 Å². The molecule has 5 nitrogen and oxygen atoms in total. The molecule has 5 heteroatoms. The zero-order chi connectivity index (χ0) is 26.2. The summed E-state index contributed by atoms with van der Waals surface area (Å²) >= 11 is 0. The highest BCUT2D eigenvalue weighted by Gasteiger charge is 2.37. The monoisotopic (exact) mass is 497 g/mol. The number of nitrogens with zero attached hydrogens (tertiary/aromatic N) is 2. The minimum Gasteiger partial charge on any atom is -0.508 e. The van der Waals surface area contributed by atoms with Gasteiger partial charge in [0, 0.05) is 21.9 Å². The fourth-order valence-corrected chi connectivity index (χ4v) is 5.98. The van der Waals surface area contributed by atoms with Gasteiger partial charge in [0.1, 0.15) is 11.5 Å². The smallest absolute Gasteiger partial charge is 0.116 e. The number of nitrogen functional groups attached to an aromatic ring is 1. The van der Waals surface area contributed by atoms with Crippen molar-refractivity contribution in [1.82, 2.24) is 4.68 Å². The van der Waals surface area contributed by atoms with E-state index in [2.05, 4.69) is 67.3 Å². The Morgan fingerprint density at radius 1 is 0.605 bits per heavy atom. The Balaban J connectivity index is 1.35. The van der Waals surface area contributed by atoms with Gasteiger partial charge in [-0.2, -0.15) is 0 Å². The molecule has 0 spiro atoms. The van der Waals surface area contributed by atoms with Crippen LogP contribution in [0.25, 0.3) is 32.9 Å². The van der Waals surface area contributed by atoms with Crippen LogP contribution in [0.1, 0.15) is 25.0 Å². The molecule has 1 aliphatic heterocycles. The number of aromatic hydroxyl groups is 2. The van der Waals surface area contributed by atoms with Crippen molar-refractivity contribution in [3.8, 4) is 22.6 Å². The number of para-hydroxylation sites is 1. The lowest BCUT2D eigenvalue weighted by molar-refractivity contribution is 0.469. The molecule has 0 unspecified atom stereocenters. The van der Waals surface area contributed by atoms with Gasteiger partial charge in [-0.3, -0.25) is 4.68 Å². The largest absolute Gasteiger partial charge is 0.508 e. The normalized spacial score (nSPS) is 14.0. The van der Waals surface area contributed by atoms with Crippen molar-refractivity contribution >= 4 is 38.9 Å². The summed E-state index contributed by atoms with van der Waals surface area (Å²) in [6.07, 6.45) is 0. The fraction of sp³-hybridized carbons (Fsp3) is 0.0909. The average molecular weight is 498 g/mol. The molecule has 5 aromatic carbocycles. The first-order valence-corrected chi connectivity index (χ1v) is 12.7. The summed E-state index contributed by atoms with van der Waals surface area (Å²) in [6.45, 7) is 4.25. The van der Waals surface area contributed by atoms with Crippen molar-refractivity contribution < 1.29 is 10.2 Å². The Morgan fingerprint density at radius 2 is 1.18 bits per heavy atom. The molecular formula is C33H27N3O2. The minimum atomic E-state index is -0.393. The Kier molecular flexibility index (Phi) is 4.58. The summed E-state index contributed by atoms with van der Waals surface area (Å²) in [5, 5.41) is 22.9. The van der Waals surface area contributed by atoms with E-state index in [1.165, 1.54) is 0 Å². The van der Waals surface area contributed by atoms with Crippen molar-refractivity contribution in [1.29, 1.82) is 0 Å². The van der Waals surface area contributed by atoms with Crippen LogP contribution in [0.3, 0.4) is 0 Å². The van der Waals surface area contributed by atoms with Crippen LogP contribution in [0.15, 0.2) is 103 Å². The van der Waals surface area contributed by atoms with E-state index in [4.69, 9.17) is 5.84 Å². The first kappa shape index (κ1) is 22.3. The summed E-state index contributed by atoms with van der Waals surface area (Å²) in [5.41, 5.74) is 8.88. The quantitative estimate of drug-likeness (QED) is 0.214. The molecule has 0 amide bonds. The van der Waals surface area contributed by atoms with Crippen LogP contribution in [0, 0.1) is 0 Å². The highest BCUT2D eigenvalue weighted by atomic mass is 16.3. The number of rotatable bonds is 2. The number of anilines is 3. The van der Waals surface area contributed by atoms with Crippen molar-refractivity contribution in [3.63, 3.8) is 0 Å². The maximum Gasteiger partial charge on any atom is 0.116 e.